The van der Waals surface area contributed by atoms with E-state index in [1.165, 1.54) is 0 Å². The average molecular weight is 469 g/mol. The molecule has 0 spiro atoms. The molecule has 9 heteroatoms. The minimum absolute atomic E-state index is 0.119. The van der Waals surface area contributed by atoms with Gasteiger partial charge in [0, 0.05) is 24.9 Å². The van der Waals surface area contributed by atoms with Crippen LogP contribution in [0, 0.1) is 5.92 Å². The summed E-state index contributed by atoms with van der Waals surface area (Å²) in [6.45, 7) is 7.43. The molecule has 2 heterocycles. The summed E-state index contributed by atoms with van der Waals surface area (Å²) in [5.41, 5.74) is 2.03. The van der Waals surface area contributed by atoms with Crippen LogP contribution in [0.5, 0.6) is 0 Å². The van der Waals surface area contributed by atoms with Gasteiger partial charge < -0.3 is 4.90 Å². The predicted molar refractivity (Wildman–Crippen MR) is 118 cm³/mol. The highest BCUT2D eigenvalue weighted by atomic mass is 35.5. The van der Waals surface area contributed by atoms with Gasteiger partial charge in [0.15, 0.2) is 6.29 Å². The van der Waals surface area contributed by atoms with Crippen LogP contribution in [0.4, 0.5) is 8.78 Å². The first-order chi connectivity index (χ1) is 14.5. The maximum Gasteiger partial charge on any atom is 0.248 e. The zero-order valence-corrected chi connectivity index (χ0v) is 19.1. The Labute approximate surface area is 190 Å². The fourth-order valence-electron chi connectivity index (χ4n) is 4.33. The number of carbonyl (C=O) groups is 1. The molecule has 1 aliphatic carbocycles. The molecule has 1 fully saturated rings. The van der Waals surface area contributed by atoms with Crippen molar-refractivity contribution >= 4 is 35.3 Å². The number of benzene rings is 1. The first-order valence-corrected chi connectivity index (χ1v) is 11.0. The van der Waals surface area contributed by atoms with Crippen molar-refractivity contribution in [2.75, 3.05) is 6.54 Å². The van der Waals surface area contributed by atoms with E-state index in [1.807, 2.05) is 25.5 Å². The lowest BCUT2D eigenvalue weighted by Crippen LogP contribution is -2.47. The second kappa shape index (κ2) is 7.85. The molecule has 0 atom stereocenters. The summed E-state index contributed by atoms with van der Waals surface area (Å²) in [7, 11) is 0. The molecular formula is C22H24Cl2F2N4O. The first kappa shape index (κ1) is 22.2. The molecule has 4 rings (SSSR count). The molecule has 0 radical (unpaired) electrons. The third-order valence-electron chi connectivity index (χ3n) is 6.33. The van der Waals surface area contributed by atoms with Crippen LogP contribution in [0.1, 0.15) is 49.7 Å². The second-order valence-electron chi connectivity index (χ2n) is 8.87. The molecule has 2 aromatic rings. The summed E-state index contributed by atoms with van der Waals surface area (Å²) < 4.78 is 28.5. The van der Waals surface area contributed by atoms with Crippen molar-refractivity contribution in [2.45, 2.75) is 58.2 Å². The number of nitrogens with zero attached hydrogens (tertiary/aromatic N) is 4. The molecule has 0 unspecified atom stereocenters. The summed E-state index contributed by atoms with van der Waals surface area (Å²) in [6.07, 6.45) is 0.574. The Morgan fingerprint density at radius 2 is 1.97 bits per heavy atom. The molecule has 166 valence electrons. The molecule has 0 amide bonds. The van der Waals surface area contributed by atoms with E-state index in [0.717, 1.165) is 23.4 Å². The number of aldehydes is 1. The highest BCUT2D eigenvalue weighted by molar-refractivity contribution is 6.42. The number of alkyl halides is 2. The lowest BCUT2D eigenvalue weighted by molar-refractivity contribution is -0.126. The van der Waals surface area contributed by atoms with E-state index in [2.05, 4.69) is 10.00 Å². The Bertz CT molecular complexity index is 1060. The van der Waals surface area contributed by atoms with Crippen molar-refractivity contribution in [3.05, 3.63) is 39.5 Å². The summed E-state index contributed by atoms with van der Waals surface area (Å²) in [5, 5.41) is 5.47. The number of hydrogen-bond donors (Lipinski definition) is 0. The summed E-state index contributed by atoms with van der Waals surface area (Å²) >= 11 is 12.2. The fourth-order valence-corrected chi connectivity index (χ4v) is 4.63. The van der Waals surface area contributed by atoms with Gasteiger partial charge in [-0.05, 0) is 38.8 Å². The van der Waals surface area contributed by atoms with E-state index in [9.17, 15) is 13.6 Å². The van der Waals surface area contributed by atoms with Gasteiger partial charge in [0.2, 0.25) is 5.92 Å². The van der Waals surface area contributed by atoms with Gasteiger partial charge in [0.25, 0.3) is 0 Å². The van der Waals surface area contributed by atoms with Crippen LogP contribution < -0.4 is 0 Å². The van der Waals surface area contributed by atoms with Crippen LogP contribution in [-0.2, 0) is 13.1 Å². The number of hydrogen-bond acceptors (Lipinski definition) is 3. The highest BCUT2D eigenvalue weighted by Crippen LogP contribution is 2.48. The normalized spacial score (nSPS) is 19.2. The second-order valence-corrected chi connectivity index (χ2v) is 9.69. The van der Waals surface area contributed by atoms with E-state index in [0.29, 0.717) is 40.9 Å². The zero-order chi connectivity index (χ0) is 22.6. The Kier molecular flexibility index (Phi) is 5.63. The third-order valence-corrected chi connectivity index (χ3v) is 7.07. The van der Waals surface area contributed by atoms with E-state index in [1.54, 1.807) is 18.2 Å². The van der Waals surface area contributed by atoms with Crippen LogP contribution in [0.25, 0.3) is 11.3 Å². The Morgan fingerprint density at radius 1 is 1.26 bits per heavy atom. The Balaban J connectivity index is 1.59. The summed E-state index contributed by atoms with van der Waals surface area (Å²) in [6, 6.07) is 5.17. The molecule has 1 saturated carbocycles. The number of aromatic nitrogens is 2. The first-order valence-electron chi connectivity index (χ1n) is 10.2. The quantitative estimate of drug-likeness (QED) is 0.327. The minimum Gasteiger partial charge on any atom is -0.353 e. The number of rotatable bonds is 4. The smallest absolute Gasteiger partial charge is 0.248 e. The fraction of sp³-hybridized carbons (Fsp3) is 0.500. The van der Waals surface area contributed by atoms with Gasteiger partial charge in [-0.3, -0.25) is 14.5 Å². The van der Waals surface area contributed by atoms with Gasteiger partial charge in [0.05, 0.1) is 45.8 Å². The number of fused-ring (bicyclic) bond motifs is 1. The minimum atomic E-state index is -2.57. The van der Waals surface area contributed by atoms with Gasteiger partial charge >= 0.3 is 0 Å². The Hall–Kier alpha value is -1.99. The van der Waals surface area contributed by atoms with Gasteiger partial charge in [-0.2, -0.15) is 5.10 Å². The summed E-state index contributed by atoms with van der Waals surface area (Å²) in [4.78, 5) is 18.8. The molecule has 2 aliphatic rings. The predicted octanol–water partition coefficient (Wildman–Crippen LogP) is 5.73. The van der Waals surface area contributed by atoms with Crippen molar-refractivity contribution in [1.29, 1.82) is 0 Å². The maximum absolute atomic E-state index is 13.3. The van der Waals surface area contributed by atoms with E-state index in [-0.39, 0.29) is 18.8 Å². The van der Waals surface area contributed by atoms with Gasteiger partial charge in [0.1, 0.15) is 5.69 Å². The molecule has 31 heavy (non-hydrogen) atoms. The molecule has 1 aromatic carbocycles. The topological polar surface area (TPSA) is 50.5 Å². The summed E-state index contributed by atoms with van der Waals surface area (Å²) in [5.74, 6) is -1.93. The van der Waals surface area contributed by atoms with Crippen molar-refractivity contribution in [2.24, 2.45) is 10.9 Å². The van der Waals surface area contributed by atoms with Crippen LogP contribution >= 0.6 is 23.2 Å². The SMILES string of the molecule is CC(=NC(C)(C)C1CC(F)(F)C1)N1CCn2nc(-c3ccc(Cl)c(Cl)c3)c(C=O)c2C1. The standard InChI is InChI=1S/C22H24Cl2F2N4O/c1-13(27-21(2,3)15-9-22(25,26)10-15)29-6-7-30-19(11-29)16(12-31)20(28-30)14-4-5-17(23)18(24)8-14/h4-5,8,12,15H,6-7,9-11H2,1-3H3. The third kappa shape index (κ3) is 4.22. The Morgan fingerprint density at radius 3 is 2.58 bits per heavy atom. The van der Waals surface area contributed by atoms with Crippen LogP contribution in [0.2, 0.25) is 10.0 Å². The highest BCUT2D eigenvalue weighted by Gasteiger charge is 2.51. The molecule has 1 aromatic heterocycles. The average Bonchev–Trinajstić information content (AvgIpc) is 3.05. The van der Waals surface area contributed by atoms with Crippen molar-refractivity contribution < 1.29 is 13.6 Å². The molecule has 0 N–H and O–H groups in total. The van der Waals surface area contributed by atoms with Gasteiger partial charge in [-0.25, -0.2) is 8.78 Å². The molecule has 5 nitrogen and oxygen atoms in total. The largest absolute Gasteiger partial charge is 0.353 e. The van der Waals surface area contributed by atoms with Crippen molar-refractivity contribution in [1.82, 2.24) is 14.7 Å². The van der Waals surface area contributed by atoms with E-state index < -0.39 is 11.5 Å². The van der Waals surface area contributed by atoms with Crippen LogP contribution in [0.3, 0.4) is 0 Å². The van der Waals surface area contributed by atoms with Crippen molar-refractivity contribution in [3.63, 3.8) is 0 Å². The lowest BCUT2D eigenvalue weighted by atomic mass is 9.70. The zero-order valence-electron chi connectivity index (χ0n) is 17.6. The molecule has 1 aliphatic heterocycles. The molecule has 0 saturated heterocycles. The molecular weight excluding hydrogens is 445 g/mol. The lowest BCUT2D eigenvalue weighted by Gasteiger charge is -2.43. The van der Waals surface area contributed by atoms with Gasteiger partial charge in [-0.1, -0.05) is 29.3 Å². The van der Waals surface area contributed by atoms with Gasteiger partial charge in [-0.15, -0.1) is 0 Å². The van der Waals surface area contributed by atoms with Crippen LogP contribution in [-0.4, -0.2) is 44.8 Å². The monoisotopic (exact) mass is 468 g/mol. The number of aliphatic imine (C=N–C) groups is 1. The number of amidine groups is 1. The number of carbonyl (C=O) groups excluding carboxylic acids is 1. The van der Waals surface area contributed by atoms with E-state index >= 15 is 0 Å². The van der Waals surface area contributed by atoms with Crippen LogP contribution in [0.15, 0.2) is 23.2 Å². The van der Waals surface area contributed by atoms with Crippen molar-refractivity contribution in [3.8, 4) is 11.3 Å². The molecule has 0 bridgehead atoms. The van der Waals surface area contributed by atoms with E-state index in [4.69, 9.17) is 28.2 Å². The maximum atomic E-state index is 13.3. The number of halogens is 4.